The number of hydrogen-bond donors (Lipinski definition) is 1. The Balaban J connectivity index is 3.19. The van der Waals surface area contributed by atoms with Gasteiger partial charge in [0, 0.05) is 19.6 Å². The third-order valence-corrected chi connectivity index (χ3v) is 2.98. The number of benzene rings is 1. The van der Waals surface area contributed by atoms with E-state index in [1.54, 1.807) is 28.4 Å². The van der Waals surface area contributed by atoms with Crippen molar-refractivity contribution >= 4 is 0 Å². The maximum Gasteiger partial charge on any atom is 0.203 e. The number of rotatable bonds is 8. The van der Waals surface area contributed by atoms with Gasteiger partial charge in [0.1, 0.15) is 0 Å². The number of methoxy groups -OCH3 is 4. The van der Waals surface area contributed by atoms with Gasteiger partial charge in [-0.25, -0.2) is 0 Å². The predicted octanol–water partition coefficient (Wildman–Crippen LogP) is 1.66. The lowest BCUT2D eigenvalue weighted by Gasteiger charge is -2.20. The summed E-state index contributed by atoms with van der Waals surface area (Å²) < 4.78 is 21.3. The molecule has 108 valence electrons. The van der Waals surface area contributed by atoms with E-state index in [9.17, 15) is 0 Å². The van der Waals surface area contributed by atoms with E-state index in [1.807, 2.05) is 19.2 Å². The van der Waals surface area contributed by atoms with Crippen molar-refractivity contribution in [3.05, 3.63) is 17.7 Å². The Morgan fingerprint density at radius 1 is 1.00 bits per heavy atom. The largest absolute Gasteiger partial charge is 0.493 e. The summed E-state index contributed by atoms with van der Waals surface area (Å²) >= 11 is 0. The first kappa shape index (κ1) is 15.6. The molecule has 19 heavy (non-hydrogen) atoms. The first-order valence-corrected chi connectivity index (χ1v) is 6.15. The van der Waals surface area contributed by atoms with Crippen LogP contribution in [-0.4, -0.2) is 48.6 Å². The number of hydrogen-bond acceptors (Lipinski definition) is 5. The van der Waals surface area contributed by atoms with Gasteiger partial charge in [-0.1, -0.05) is 0 Å². The zero-order valence-electron chi connectivity index (χ0n) is 12.3. The quantitative estimate of drug-likeness (QED) is 0.778. The van der Waals surface area contributed by atoms with Gasteiger partial charge in [-0.15, -0.1) is 0 Å². The van der Waals surface area contributed by atoms with Crippen molar-refractivity contribution in [3.63, 3.8) is 0 Å². The first-order chi connectivity index (χ1) is 9.21. The van der Waals surface area contributed by atoms with Crippen LogP contribution in [0.25, 0.3) is 0 Å². The summed E-state index contributed by atoms with van der Waals surface area (Å²) in [6.45, 7) is 1.44. The molecule has 0 aromatic heterocycles. The van der Waals surface area contributed by atoms with Crippen LogP contribution in [0.5, 0.6) is 17.2 Å². The lowest BCUT2D eigenvalue weighted by atomic mass is 9.99. The van der Waals surface area contributed by atoms with Crippen LogP contribution in [0.2, 0.25) is 0 Å². The molecule has 0 heterocycles. The molecule has 0 amide bonds. The molecule has 1 aromatic carbocycles. The molecule has 0 spiro atoms. The molecule has 1 rings (SSSR count). The van der Waals surface area contributed by atoms with Crippen molar-refractivity contribution in [1.82, 2.24) is 5.32 Å². The molecule has 0 aliphatic carbocycles. The summed E-state index contributed by atoms with van der Waals surface area (Å²) in [5, 5.41) is 3.16. The van der Waals surface area contributed by atoms with Crippen molar-refractivity contribution in [3.8, 4) is 17.2 Å². The third kappa shape index (κ3) is 3.75. The highest BCUT2D eigenvalue weighted by atomic mass is 16.5. The second kappa shape index (κ2) is 7.86. The normalized spacial score (nSPS) is 12.1. The summed E-state index contributed by atoms with van der Waals surface area (Å²) in [7, 11) is 8.44. The molecule has 0 saturated heterocycles. The van der Waals surface area contributed by atoms with Gasteiger partial charge >= 0.3 is 0 Å². The SMILES string of the molecule is CNCC(COC)c1cc(OC)c(OC)c(OC)c1. The second-order valence-corrected chi connectivity index (χ2v) is 4.17. The van der Waals surface area contributed by atoms with Crippen LogP contribution in [0.15, 0.2) is 12.1 Å². The molecule has 5 heteroatoms. The van der Waals surface area contributed by atoms with Crippen molar-refractivity contribution in [2.24, 2.45) is 0 Å². The Hall–Kier alpha value is -1.46. The maximum absolute atomic E-state index is 5.36. The molecule has 0 saturated carbocycles. The molecule has 1 aromatic rings. The zero-order valence-corrected chi connectivity index (χ0v) is 12.3. The van der Waals surface area contributed by atoms with Crippen LogP contribution in [0.3, 0.4) is 0 Å². The van der Waals surface area contributed by atoms with E-state index in [0.717, 1.165) is 12.1 Å². The van der Waals surface area contributed by atoms with Gasteiger partial charge < -0.3 is 24.3 Å². The smallest absolute Gasteiger partial charge is 0.203 e. The van der Waals surface area contributed by atoms with Crippen LogP contribution in [0.4, 0.5) is 0 Å². The second-order valence-electron chi connectivity index (χ2n) is 4.17. The van der Waals surface area contributed by atoms with Crippen LogP contribution in [0, 0.1) is 0 Å². The van der Waals surface area contributed by atoms with Gasteiger partial charge in [0.05, 0.1) is 27.9 Å². The summed E-state index contributed by atoms with van der Waals surface area (Å²) in [4.78, 5) is 0. The van der Waals surface area contributed by atoms with Gasteiger partial charge in [0.15, 0.2) is 11.5 Å². The number of likely N-dealkylation sites (N-methyl/N-ethyl adjacent to an activating group) is 1. The maximum atomic E-state index is 5.36. The van der Waals surface area contributed by atoms with E-state index in [0.29, 0.717) is 23.9 Å². The fourth-order valence-electron chi connectivity index (χ4n) is 2.06. The number of nitrogens with one attached hydrogen (secondary N) is 1. The average Bonchev–Trinajstić information content (AvgIpc) is 2.45. The molecule has 0 fully saturated rings. The van der Waals surface area contributed by atoms with Crippen LogP contribution in [0.1, 0.15) is 11.5 Å². The molecule has 0 bridgehead atoms. The molecule has 1 atom stereocenters. The predicted molar refractivity (Wildman–Crippen MR) is 74.6 cm³/mol. The van der Waals surface area contributed by atoms with Crippen molar-refractivity contribution in [1.29, 1.82) is 0 Å². The third-order valence-electron chi connectivity index (χ3n) is 2.98. The molecule has 0 radical (unpaired) electrons. The highest BCUT2D eigenvalue weighted by Gasteiger charge is 2.18. The lowest BCUT2D eigenvalue weighted by Crippen LogP contribution is -2.21. The number of ether oxygens (including phenoxy) is 4. The van der Waals surface area contributed by atoms with E-state index in [-0.39, 0.29) is 5.92 Å². The van der Waals surface area contributed by atoms with Gasteiger partial charge in [-0.2, -0.15) is 0 Å². The fraction of sp³-hybridized carbons (Fsp3) is 0.571. The van der Waals surface area contributed by atoms with Crippen molar-refractivity contribution in [2.45, 2.75) is 5.92 Å². The molecule has 5 nitrogen and oxygen atoms in total. The van der Waals surface area contributed by atoms with Gasteiger partial charge in [0.2, 0.25) is 5.75 Å². The topological polar surface area (TPSA) is 49.0 Å². The summed E-state index contributed by atoms with van der Waals surface area (Å²) in [6, 6.07) is 3.92. The van der Waals surface area contributed by atoms with E-state index < -0.39 is 0 Å². The highest BCUT2D eigenvalue weighted by Crippen LogP contribution is 2.39. The Morgan fingerprint density at radius 3 is 1.95 bits per heavy atom. The van der Waals surface area contributed by atoms with Crippen LogP contribution >= 0.6 is 0 Å². The molecule has 1 N–H and O–H groups in total. The average molecular weight is 269 g/mol. The zero-order chi connectivity index (χ0) is 14.3. The van der Waals surface area contributed by atoms with Crippen molar-refractivity contribution < 1.29 is 18.9 Å². The Morgan fingerprint density at radius 2 is 1.58 bits per heavy atom. The van der Waals surface area contributed by atoms with Gasteiger partial charge in [0.25, 0.3) is 0 Å². The highest BCUT2D eigenvalue weighted by molar-refractivity contribution is 5.54. The van der Waals surface area contributed by atoms with Crippen molar-refractivity contribution in [2.75, 3.05) is 48.6 Å². The minimum absolute atomic E-state index is 0.226. The summed E-state index contributed by atoms with van der Waals surface area (Å²) in [5.41, 5.74) is 1.09. The fourth-order valence-corrected chi connectivity index (χ4v) is 2.06. The minimum atomic E-state index is 0.226. The molecular weight excluding hydrogens is 246 g/mol. The van der Waals surface area contributed by atoms with E-state index in [1.165, 1.54) is 0 Å². The molecule has 1 unspecified atom stereocenters. The monoisotopic (exact) mass is 269 g/mol. The molecular formula is C14H23NO4. The van der Waals surface area contributed by atoms with E-state index in [2.05, 4.69) is 5.32 Å². The Bertz CT molecular complexity index is 364. The molecule has 0 aliphatic heterocycles. The van der Waals surface area contributed by atoms with Gasteiger partial charge in [-0.3, -0.25) is 0 Å². The Kier molecular flexibility index (Phi) is 6.45. The molecule has 0 aliphatic rings. The van der Waals surface area contributed by atoms with Crippen LogP contribution in [-0.2, 0) is 4.74 Å². The van der Waals surface area contributed by atoms with Crippen LogP contribution < -0.4 is 19.5 Å². The van der Waals surface area contributed by atoms with E-state index >= 15 is 0 Å². The minimum Gasteiger partial charge on any atom is -0.493 e. The summed E-state index contributed by atoms with van der Waals surface area (Å²) in [6.07, 6.45) is 0. The Labute approximate surface area is 114 Å². The summed E-state index contributed by atoms with van der Waals surface area (Å²) in [5.74, 6) is 2.15. The van der Waals surface area contributed by atoms with E-state index in [4.69, 9.17) is 18.9 Å². The first-order valence-electron chi connectivity index (χ1n) is 6.15. The standard InChI is InChI=1S/C14H23NO4/c1-15-8-11(9-16-2)10-6-12(17-3)14(19-5)13(7-10)18-4/h6-7,11,15H,8-9H2,1-5H3. The lowest BCUT2D eigenvalue weighted by molar-refractivity contribution is 0.178. The van der Waals surface area contributed by atoms with Gasteiger partial charge in [-0.05, 0) is 24.7 Å².